The molecule has 0 aliphatic rings. The minimum absolute atomic E-state index is 0.405. The van der Waals surface area contributed by atoms with Gasteiger partial charge in [-0.3, -0.25) is 0 Å². The summed E-state index contributed by atoms with van der Waals surface area (Å²) < 4.78 is 5.41. The molecule has 19 heavy (non-hydrogen) atoms. The number of methoxy groups -OCH3 is 1. The van der Waals surface area contributed by atoms with Gasteiger partial charge < -0.3 is 15.0 Å². The zero-order valence-electron chi connectivity index (χ0n) is 12.4. The fourth-order valence-electron chi connectivity index (χ4n) is 2.16. The molecule has 0 saturated carbocycles. The summed E-state index contributed by atoms with van der Waals surface area (Å²) in [7, 11) is 5.89. The molecule has 0 amide bonds. The molecule has 0 aliphatic carbocycles. The smallest absolute Gasteiger partial charge is 0.122 e. The van der Waals surface area contributed by atoms with Crippen molar-refractivity contribution in [1.29, 1.82) is 0 Å². The van der Waals surface area contributed by atoms with Crippen LogP contribution >= 0.6 is 11.6 Å². The number of nitrogens with zero attached hydrogens (tertiary/aromatic N) is 1. The van der Waals surface area contributed by atoms with Gasteiger partial charge in [0.05, 0.1) is 7.11 Å². The van der Waals surface area contributed by atoms with Gasteiger partial charge in [0, 0.05) is 17.6 Å². The SMILES string of the molecule is CCCNC(Cc1cc(Cl)ccc1OC)CN(C)C. The minimum atomic E-state index is 0.405. The van der Waals surface area contributed by atoms with Crippen molar-refractivity contribution in [3.63, 3.8) is 0 Å². The van der Waals surface area contributed by atoms with Crippen LogP contribution in [-0.2, 0) is 6.42 Å². The van der Waals surface area contributed by atoms with Crippen LogP contribution < -0.4 is 10.1 Å². The Kier molecular flexibility index (Phi) is 7.21. The van der Waals surface area contributed by atoms with E-state index in [0.29, 0.717) is 6.04 Å². The van der Waals surface area contributed by atoms with Crippen LogP contribution in [-0.4, -0.2) is 45.2 Å². The molecule has 1 rings (SSSR count). The van der Waals surface area contributed by atoms with Crippen LogP contribution in [0.4, 0.5) is 0 Å². The molecule has 0 aromatic heterocycles. The first-order chi connectivity index (χ1) is 9.06. The van der Waals surface area contributed by atoms with Gasteiger partial charge in [-0.1, -0.05) is 18.5 Å². The van der Waals surface area contributed by atoms with Gasteiger partial charge in [0.25, 0.3) is 0 Å². The van der Waals surface area contributed by atoms with E-state index < -0.39 is 0 Å². The van der Waals surface area contributed by atoms with Crippen molar-refractivity contribution in [3.8, 4) is 5.75 Å². The Labute approximate surface area is 121 Å². The molecule has 0 fully saturated rings. The summed E-state index contributed by atoms with van der Waals surface area (Å²) in [5, 5.41) is 4.34. The monoisotopic (exact) mass is 284 g/mol. The maximum Gasteiger partial charge on any atom is 0.122 e. The molecule has 0 radical (unpaired) electrons. The Morgan fingerprint density at radius 2 is 2.11 bits per heavy atom. The average Bonchev–Trinajstić information content (AvgIpc) is 2.35. The summed E-state index contributed by atoms with van der Waals surface area (Å²) >= 11 is 6.08. The van der Waals surface area contributed by atoms with E-state index in [2.05, 4.69) is 31.2 Å². The van der Waals surface area contributed by atoms with Crippen molar-refractivity contribution >= 4 is 11.6 Å². The fourth-order valence-corrected chi connectivity index (χ4v) is 2.36. The normalized spacial score (nSPS) is 12.7. The Balaban J connectivity index is 2.78. The lowest BCUT2D eigenvalue weighted by atomic mass is 10.0. The molecule has 0 saturated heterocycles. The zero-order valence-corrected chi connectivity index (χ0v) is 13.1. The van der Waals surface area contributed by atoms with Gasteiger partial charge in [0.1, 0.15) is 5.75 Å². The molecule has 1 aromatic carbocycles. The lowest BCUT2D eigenvalue weighted by molar-refractivity contribution is 0.332. The highest BCUT2D eigenvalue weighted by molar-refractivity contribution is 6.30. The minimum Gasteiger partial charge on any atom is -0.496 e. The highest BCUT2D eigenvalue weighted by Gasteiger charge is 2.13. The van der Waals surface area contributed by atoms with E-state index in [1.807, 2.05) is 18.2 Å². The first-order valence-electron chi connectivity index (χ1n) is 6.77. The molecule has 3 nitrogen and oxygen atoms in total. The van der Waals surface area contributed by atoms with Crippen molar-refractivity contribution in [1.82, 2.24) is 10.2 Å². The third-order valence-corrected chi connectivity index (χ3v) is 3.21. The number of hydrogen-bond donors (Lipinski definition) is 1. The Morgan fingerprint density at radius 3 is 2.68 bits per heavy atom. The predicted octanol–water partition coefficient (Wildman–Crippen LogP) is 2.82. The standard InChI is InChI=1S/C15H25ClN2O/c1-5-8-17-14(11-18(2)3)10-12-9-13(16)6-7-15(12)19-4/h6-7,9,14,17H,5,8,10-11H2,1-4H3. The third-order valence-electron chi connectivity index (χ3n) is 2.98. The van der Waals surface area contributed by atoms with Crippen molar-refractivity contribution in [3.05, 3.63) is 28.8 Å². The fraction of sp³-hybridized carbons (Fsp3) is 0.600. The molecule has 0 aliphatic heterocycles. The maximum absolute atomic E-state index is 6.08. The van der Waals surface area contributed by atoms with Crippen LogP contribution in [0.1, 0.15) is 18.9 Å². The number of hydrogen-bond acceptors (Lipinski definition) is 3. The average molecular weight is 285 g/mol. The van der Waals surface area contributed by atoms with Crippen LogP contribution in [0.5, 0.6) is 5.75 Å². The number of benzene rings is 1. The maximum atomic E-state index is 6.08. The molecular formula is C15H25ClN2O. The van der Waals surface area contributed by atoms with Crippen molar-refractivity contribution in [2.75, 3.05) is 34.3 Å². The van der Waals surface area contributed by atoms with Crippen molar-refractivity contribution in [2.45, 2.75) is 25.8 Å². The van der Waals surface area contributed by atoms with Gasteiger partial charge in [-0.2, -0.15) is 0 Å². The van der Waals surface area contributed by atoms with E-state index in [9.17, 15) is 0 Å². The number of halogens is 1. The summed E-state index contributed by atoms with van der Waals surface area (Å²) in [5.74, 6) is 0.909. The quantitative estimate of drug-likeness (QED) is 0.794. The molecule has 0 spiro atoms. The van der Waals surface area contributed by atoms with Gasteiger partial charge in [-0.25, -0.2) is 0 Å². The number of rotatable bonds is 8. The predicted molar refractivity (Wildman–Crippen MR) is 82.3 cm³/mol. The molecule has 0 heterocycles. The van der Waals surface area contributed by atoms with E-state index in [-0.39, 0.29) is 0 Å². The highest BCUT2D eigenvalue weighted by Crippen LogP contribution is 2.24. The largest absolute Gasteiger partial charge is 0.496 e. The topological polar surface area (TPSA) is 24.5 Å². The number of likely N-dealkylation sites (N-methyl/N-ethyl adjacent to an activating group) is 1. The van der Waals surface area contributed by atoms with E-state index in [4.69, 9.17) is 16.3 Å². The van der Waals surface area contributed by atoms with Crippen LogP contribution in [0.2, 0.25) is 5.02 Å². The van der Waals surface area contributed by atoms with Crippen LogP contribution in [0.3, 0.4) is 0 Å². The summed E-state index contributed by atoms with van der Waals surface area (Å²) in [5.41, 5.74) is 1.16. The molecule has 1 atom stereocenters. The summed E-state index contributed by atoms with van der Waals surface area (Å²) in [4.78, 5) is 2.20. The summed E-state index contributed by atoms with van der Waals surface area (Å²) in [6.45, 7) is 4.21. The number of nitrogens with one attached hydrogen (secondary N) is 1. The molecule has 0 bridgehead atoms. The van der Waals surface area contributed by atoms with Crippen LogP contribution in [0.25, 0.3) is 0 Å². The van der Waals surface area contributed by atoms with Gasteiger partial charge in [-0.05, 0) is 57.2 Å². The molecular weight excluding hydrogens is 260 g/mol. The lowest BCUT2D eigenvalue weighted by Crippen LogP contribution is -2.40. The second-order valence-electron chi connectivity index (χ2n) is 5.07. The molecule has 108 valence electrons. The highest BCUT2D eigenvalue weighted by atomic mass is 35.5. The van der Waals surface area contributed by atoms with Crippen LogP contribution in [0.15, 0.2) is 18.2 Å². The van der Waals surface area contributed by atoms with E-state index >= 15 is 0 Å². The van der Waals surface area contributed by atoms with Gasteiger partial charge in [0.15, 0.2) is 0 Å². The Morgan fingerprint density at radius 1 is 1.37 bits per heavy atom. The molecule has 4 heteroatoms. The summed E-state index contributed by atoms with van der Waals surface area (Å²) in [6.07, 6.45) is 2.05. The molecule has 1 unspecified atom stereocenters. The summed E-state index contributed by atoms with van der Waals surface area (Å²) in [6, 6.07) is 6.20. The molecule has 1 N–H and O–H groups in total. The first-order valence-corrected chi connectivity index (χ1v) is 7.15. The zero-order chi connectivity index (χ0) is 14.3. The number of ether oxygens (including phenoxy) is 1. The van der Waals surface area contributed by atoms with Gasteiger partial charge in [0.2, 0.25) is 0 Å². The first kappa shape index (κ1) is 16.3. The third kappa shape index (κ3) is 5.81. The lowest BCUT2D eigenvalue weighted by Gasteiger charge is -2.23. The van der Waals surface area contributed by atoms with E-state index in [1.165, 1.54) is 0 Å². The Bertz CT molecular complexity index is 382. The van der Waals surface area contributed by atoms with Crippen molar-refractivity contribution < 1.29 is 4.74 Å². The Hall–Kier alpha value is -0.770. The van der Waals surface area contributed by atoms with Crippen LogP contribution in [0, 0.1) is 0 Å². The second-order valence-corrected chi connectivity index (χ2v) is 5.51. The van der Waals surface area contributed by atoms with Gasteiger partial charge in [-0.15, -0.1) is 0 Å². The van der Waals surface area contributed by atoms with Gasteiger partial charge >= 0.3 is 0 Å². The van der Waals surface area contributed by atoms with E-state index in [1.54, 1.807) is 7.11 Å². The second kappa shape index (κ2) is 8.41. The van der Waals surface area contributed by atoms with E-state index in [0.717, 1.165) is 42.3 Å². The molecule has 1 aromatic rings. The van der Waals surface area contributed by atoms with Crippen molar-refractivity contribution in [2.24, 2.45) is 0 Å².